The van der Waals surface area contributed by atoms with Crippen LogP contribution in [-0.4, -0.2) is 24.0 Å². The molecule has 2 N–H and O–H groups in total. The zero-order chi connectivity index (χ0) is 13.1. The summed E-state index contributed by atoms with van der Waals surface area (Å²) in [6.45, 7) is 0. The third-order valence-electron chi connectivity index (χ3n) is 2.61. The molecule has 0 radical (unpaired) electrons. The summed E-state index contributed by atoms with van der Waals surface area (Å²) in [7, 11) is 3.85. The Bertz CT molecular complexity index is 651. The van der Waals surface area contributed by atoms with Gasteiger partial charge in [0.1, 0.15) is 17.5 Å². The lowest BCUT2D eigenvalue weighted by Crippen LogP contribution is -2.02. The molecule has 0 amide bonds. The molecule has 18 heavy (non-hydrogen) atoms. The largest absolute Gasteiger partial charge is 0.383 e. The average Bonchev–Trinajstić information content (AvgIpc) is 2.35. The molecule has 0 aliphatic heterocycles. The van der Waals surface area contributed by atoms with Gasteiger partial charge in [0.25, 0.3) is 0 Å². The maximum absolute atomic E-state index is 9.21. The Morgan fingerprint density at radius 3 is 2.72 bits per heavy atom. The van der Waals surface area contributed by atoms with Crippen molar-refractivity contribution in [2.75, 3.05) is 19.8 Å². The quantitative estimate of drug-likeness (QED) is 0.871. The van der Waals surface area contributed by atoms with Crippen LogP contribution in [0.4, 0.5) is 5.82 Å². The fraction of sp³-hybridized carbons (Fsp3) is 0.143. The number of aromatic nitrogens is 1. The summed E-state index contributed by atoms with van der Waals surface area (Å²) in [5, 5.41) is 10.1. The Labute approximate surface area is 106 Å². The van der Waals surface area contributed by atoms with Crippen LogP contribution in [0.3, 0.4) is 0 Å². The van der Waals surface area contributed by atoms with Crippen molar-refractivity contribution in [1.29, 1.82) is 5.26 Å². The summed E-state index contributed by atoms with van der Waals surface area (Å²) in [5.74, 6) is 0.273. The normalized spacial score (nSPS) is 10.7. The first-order chi connectivity index (χ1) is 8.63. The van der Waals surface area contributed by atoms with Gasteiger partial charge >= 0.3 is 0 Å². The summed E-state index contributed by atoms with van der Waals surface area (Å²) in [4.78, 5) is 6.15. The van der Waals surface area contributed by atoms with Crippen molar-refractivity contribution in [3.05, 3.63) is 41.6 Å². The highest BCUT2D eigenvalue weighted by molar-refractivity contribution is 5.92. The second-order valence-corrected chi connectivity index (χ2v) is 4.19. The Kier molecular flexibility index (Phi) is 3.16. The lowest BCUT2D eigenvalue weighted by atomic mass is 10.0. The first kappa shape index (κ1) is 11.9. The molecular weight excluding hydrogens is 224 g/mol. The summed E-state index contributed by atoms with van der Waals surface area (Å²) in [5.41, 5.74) is 7.86. The van der Waals surface area contributed by atoms with Crippen LogP contribution in [0, 0.1) is 11.3 Å². The van der Waals surface area contributed by atoms with E-state index >= 15 is 0 Å². The average molecular weight is 238 g/mol. The van der Waals surface area contributed by atoms with E-state index in [2.05, 4.69) is 11.1 Å². The van der Waals surface area contributed by atoms with Crippen LogP contribution < -0.4 is 5.73 Å². The van der Waals surface area contributed by atoms with Gasteiger partial charge in [0.15, 0.2) is 0 Å². The van der Waals surface area contributed by atoms with Crippen LogP contribution in [0.5, 0.6) is 0 Å². The van der Waals surface area contributed by atoms with Crippen LogP contribution in [0.2, 0.25) is 0 Å². The summed E-state index contributed by atoms with van der Waals surface area (Å²) >= 11 is 0. The van der Waals surface area contributed by atoms with Crippen LogP contribution in [0.1, 0.15) is 11.1 Å². The molecule has 0 fully saturated rings. The zero-order valence-corrected chi connectivity index (χ0v) is 10.4. The summed E-state index contributed by atoms with van der Waals surface area (Å²) in [6.07, 6.45) is 3.78. The van der Waals surface area contributed by atoms with E-state index in [0.717, 1.165) is 16.5 Å². The Morgan fingerprint density at radius 2 is 2.06 bits per heavy atom. The van der Waals surface area contributed by atoms with Crippen molar-refractivity contribution >= 4 is 22.8 Å². The number of nitriles is 1. The molecule has 0 saturated carbocycles. The predicted octanol–water partition coefficient (Wildman–Crippen LogP) is 2.22. The minimum atomic E-state index is 0.273. The van der Waals surface area contributed by atoms with E-state index in [4.69, 9.17) is 5.73 Å². The minimum absolute atomic E-state index is 0.273. The molecule has 1 aromatic heterocycles. The van der Waals surface area contributed by atoms with Crippen molar-refractivity contribution in [1.82, 2.24) is 9.88 Å². The molecule has 0 aliphatic carbocycles. The molecule has 0 atom stereocenters. The van der Waals surface area contributed by atoms with Crippen molar-refractivity contribution in [3.8, 4) is 6.07 Å². The van der Waals surface area contributed by atoms with Gasteiger partial charge in [-0.1, -0.05) is 18.2 Å². The highest BCUT2D eigenvalue weighted by Crippen LogP contribution is 2.25. The van der Waals surface area contributed by atoms with E-state index in [1.807, 2.05) is 55.5 Å². The number of rotatable bonds is 2. The standard InChI is InChI=1S/C14H14N4/c1-18(2)8-7-10-11-5-3-4-6-13(11)17-14(16)12(10)9-15/h3-8H,1-2H3,(H2,16,17)/b8-7+. The molecule has 0 spiro atoms. The van der Waals surface area contributed by atoms with Crippen LogP contribution in [-0.2, 0) is 0 Å². The number of fused-ring (bicyclic) bond motifs is 1. The molecule has 0 aliphatic rings. The molecular formula is C14H14N4. The lowest BCUT2D eigenvalue weighted by Gasteiger charge is -2.09. The first-order valence-corrected chi connectivity index (χ1v) is 5.56. The van der Waals surface area contributed by atoms with E-state index in [0.29, 0.717) is 5.56 Å². The van der Waals surface area contributed by atoms with Gasteiger partial charge in [0.05, 0.1) is 5.52 Å². The van der Waals surface area contributed by atoms with Crippen molar-refractivity contribution in [2.24, 2.45) is 0 Å². The smallest absolute Gasteiger partial charge is 0.142 e. The summed E-state index contributed by atoms with van der Waals surface area (Å²) < 4.78 is 0. The minimum Gasteiger partial charge on any atom is -0.383 e. The summed E-state index contributed by atoms with van der Waals surface area (Å²) in [6, 6.07) is 9.78. The third kappa shape index (κ3) is 2.11. The first-order valence-electron chi connectivity index (χ1n) is 5.56. The second-order valence-electron chi connectivity index (χ2n) is 4.19. The molecule has 0 saturated heterocycles. The van der Waals surface area contributed by atoms with Gasteiger partial charge < -0.3 is 10.6 Å². The number of hydrogen-bond donors (Lipinski definition) is 1. The second kappa shape index (κ2) is 4.76. The van der Waals surface area contributed by atoms with Crippen LogP contribution >= 0.6 is 0 Å². The molecule has 4 nitrogen and oxygen atoms in total. The number of nitrogens with zero attached hydrogens (tertiary/aromatic N) is 3. The molecule has 90 valence electrons. The van der Waals surface area contributed by atoms with E-state index in [9.17, 15) is 5.26 Å². The number of nitrogen functional groups attached to an aromatic ring is 1. The van der Waals surface area contributed by atoms with Gasteiger partial charge in [-0.05, 0) is 18.3 Å². The van der Waals surface area contributed by atoms with E-state index in [-0.39, 0.29) is 5.82 Å². The fourth-order valence-corrected chi connectivity index (χ4v) is 1.77. The zero-order valence-electron chi connectivity index (χ0n) is 10.4. The Balaban J connectivity index is 2.77. The predicted molar refractivity (Wildman–Crippen MR) is 73.6 cm³/mol. The van der Waals surface area contributed by atoms with E-state index in [1.54, 1.807) is 0 Å². The van der Waals surface area contributed by atoms with Gasteiger partial charge in [-0.2, -0.15) is 5.26 Å². The van der Waals surface area contributed by atoms with Gasteiger partial charge in [0.2, 0.25) is 0 Å². The lowest BCUT2D eigenvalue weighted by molar-refractivity contribution is 0.567. The SMILES string of the molecule is CN(C)/C=C/c1c(C#N)c(N)nc2ccccc12. The molecule has 2 aromatic rings. The molecule has 1 heterocycles. The number of hydrogen-bond acceptors (Lipinski definition) is 4. The monoisotopic (exact) mass is 238 g/mol. The van der Waals surface area contributed by atoms with Gasteiger partial charge in [-0.25, -0.2) is 4.98 Å². The fourth-order valence-electron chi connectivity index (χ4n) is 1.77. The van der Waals surface area contributed by atoms with Gasteiger partial charge in [-0.15, -0.1) is 0 Å². The van der Waals surface area contributed by atoms with Gasteiger partial charge in [-0.3, -0.25) is 0 Å². The maximum Gasteiger partial charge on any atom is 0.142 e. The van der Waals surface area contributed by atoms with Crippen LogP contribution in [0.15, 0.2) is 30.5 Å². The molecule has 4 heteroatoms. The molecule has 0 bridgehead atoms. The van der Waals surface area contributed by atoms with Crippen molar-refractivity contribution < 1.29 is 0 Å². The van der Waals surface area contributed by atoms with E-state index < -0.39 is 0 Å². The van der Waals surface area contributed by atoms with Crippen LogP contribution in [0.25, 0.3) is 17.0 Å². The number of nitrogens with two attached hydrogens (primary N) is 1. The maximum atomic E-state index is 9.21. The molecule has 1 aromatic carbocycles. The number of benzene rings is 1. The topological polar surface area (TPSA) is 65.9 Å². The number of pyridine rings is 1. The third-order valence-corrected chi connectivity index (χ3v) is 2.61. The number of para-hydroxylation sites is 1. The van der Waals surface area contributed by atoms with Gasteiger partial charge in [0, 0.05) is 25.0 Å². The Morgan fingerprint density at radius 1 is 1.33 bits per heavy atom. The molecule has 0 unspecified atom stereocenters. The van der Waals surface area contributed by atoms with Crippen molar-refractivity contribution in [2.45, 2.75) is 0 Å². The number of anilines is 1. The Hall–Kier alpha value is -2.54. The van der Waals surface area contributed by atoms with Crippen molar-refractivity contribution in [3.63, 3.8) is 0 Å². The molecule has 2 rings (SSSR count). The van der Waals surface area contributed by atoms with E-state index in [1.165, 1.54) is 0 Å². The highest BCUT2D eigenvalue weighted by Gasteiger charge is 2.10. The highest BCUT2D eigenvalue weighted by atomic mass is 15.0.